The van der Waals surface area contributed by atoms with Gasteiger partial charge in [0.1, 0.15) is 0 Å². The standard InChI is InChI=1S/C130H84N2/c1-6-33-88(34-7-1)101-45-23-31-60-126(101)132(98-73-78-122-113(82-98)108-52-22-25-54-115(108)128(122,94-41-12-4-13-42-94)95-43-14-5-15-44-95)100-71-75-110-111-80-91(67-76-123(111)130(125(110)84-100)118-57-28-18-48-104(118)105-49-19-29-58-119(105)130)90-36-32-35-89(79-90)87-63-61-85(62-64-87)86-65-68-96(69-66-86)131(97-72-77-121-112(81-97)107-51-21-24-53-114(107)127(121,92-37-8-2-9-38-92)93-39-10-3-11-40-93)99-70-74-109-106-50-20-30-59-120(106)129(124(109)83-99)116-55-26-16-46-102(116)103-47-17-27-56-117(103)129/h1-84H. The third-order valence-electron chi connectivity index (χ3n) is 30.1. The molecule has 614 valence electrons. The summed E-state index contributed by atoms with van der Waals surface area (Å²) in [6.07, 6.45) is 0. The van der Waals surface area contributed by atoms with Crippen LogP contribution in [-0.4, -0.2) is 0 Å². The Kier molecular flexibility index (Phi) is 16.8. The van der Waals surface area contributed by atoms with Crippen LogP contribution in [0.15, 0.2) is 510 Å². The Morgan fingerprint density at radius 2 is 0.356 bits per heavy atom. The van der Waals surface area contributed by atoms with Gasteiger partial charge in [0.05, 0.1) is 27.3 Å². The maximum absolute atomic E-state index is 2.55. The van der Waals surface area contributed by atoms with Crippen LogP contribution < -0.4 is 9.80 Å². The molecule has 27 rings (SSSR count). The Balaban J connectivity index is 0.563. The quantitative estimate of drug-likeness (QED) is 0.107. The normalized spacial score (nSPS) is 14.0. The lowest BCUT2D eigenvalue weighted by atomic mass is 9.68. The van der Waals surface area contributed by atoms with Crippen LogP contribution in [0.4, 0.5) is 34.1 Å². The Hall–Kier alpha value is -16.8. The molecule has 0 amide bonds. The fourth-order valence-electron chi connectivity index (χ4n) is 24.8. The lowest BCUT2D eigenvalue weighted by Gasteiger charge is -2.34. The van der Waals surface area contributed by atoms with Gasteiger partial charge in [0.2, 0.25) is 0 Å². The summed E-state index contributed by atoms with van der Waals surface area (Å²) in [5, 5.41) is 0. The third-order valence-corrected chi connectivity index (χ3v) is 30.1. The number of rotatable bonds is 14. The van der Waals surface area contributed by atoms with Crippen molar-refractivity contribution in [3.8, 4) is 111 Å². The molecule has 0 fully saturated rings. The van der Waals surface area contributed by atoms with Crippen molar-refractivity contribution in [2.75, 3.05) is 9.80 Å². The van der Waals surface area contributed by atoms with E-state index in [9.17, 15) is 0 Å². The Morgan fingerprint density at radius 3 is 0.780 bits per heavy atom. The summed E-state index contributed by atoms with van der Waals surface area (Å²) in [6, 6.07) is 193. The van der Waals surface area contributed by atoms with E-state index in [1.54, 1.807) is 0 Å². The molecule has 132 heavy (non-hydrogen) atoms. The van der Waals surface area contributed by atoms with E-state index in [1.165, 1.54) is 161 Å². The minimum absolute atomic E-state index is 0.520. The van der Waals surface area contributed by atoms with Gasteiger partial charge in [-0.3, -0.25) is 0 Å². The zero-order valence-corrected chi connectivity index (χ0v) is 72.4. The molecule has 0 saturated heterocycles. The molecular weight excluding hydrogens is 1590 g/mol. The second kappa shape index (κ2) is 29.4. The van der Waals surface area contributed by atoms with Crippen molar-refractivity contribution < 1.29 is 0 Å². The summed E-state index contributed by atoms with van der Waals surface area (Å²) in [6.45, 7) is 0. The monoisotopic (exact) mass is 1670 g/mol. The van der Waals surface area contributed by atoms with Gasteiger partial charge in [-0.05, 0) is 274 Å². The molecule has 2 heteroatoms. The van der Waals surface area contributed by atoms with Crippen LogP contribution in [0.5, 0.6) is 0 Å². The molecule has 2 nitrogen and oxygen atoms in total. The van der Waals surface area contributed by atoms with E-state index in [2.05, 4.69) is 519 Å². The fraction of sp³-hybridized carbons (Fsp3) is 0.0308. The molecule has 0 heterocycles. The van der Waals surface area contributed by atoms with Gasteiger partial charge in [-0.25, -0.2) is 0 Å². The van der Waals surface area contributed by atoms with Crippen molar-refractivity contribution >= 4 is 34.1 Å². The van der Waals surface area contributed by atoms with Crippen molar-refractivity contribution in [3.05, 3.63) is 599 Å². The van der Waals surface area contributed by atoms with Gasteiger partial charge < -0.3 is 9.80 Å². The molecule has 0 aromatic heterocycles. The molecule has 21 aromatic carbocycles. The summed E-state index contributed by atoms with van der Waals surface area (Å²) >= 11 is 0. The zero-order chi connectivity index (χ0) is 86.8. The van der Waals surface area contributed by atoms with Gasteiger partial charge in [-0.1, -0.05) is 431 Å². The summed E-state index contributed by atoms with van der Waals surface area (Å²) in [4.78, 5) is 5.05. The second-order valence-electron chi connectivity index (χ2n) is 36.2. The molecule has 0 unspecified atom stereocenters. The average Bonchev–Trinajstić information content (AvgIpc) is 1.51. The SMILES string of the molecule is c1ccc(-c2ccccc2N(c2ccc3c(c2)-c2ccccc2C3(c2ccccc2)c2ccccc2)c2ccc3c(c2)C2(c4ccccc4-c4ccccc42)c2ccc(-c4cccc(-c5ccc(-c6ccc(N(c7ccc8c(c7)-c7ccccc7C8(c7ccccc7)c7ccccc7)c7ccc8c(c7)C7(c9ccccc9-c9ccccc97)c7ccccc7-8)cc6)cc5)c4)cc2-3)cc1. The summed E-state index contributed by atoms with van der Waals surface area (Å²) in [5.74, 6) is 0. The van der Waals surface area contributed by atoms with Crippen LogP contribution in [0.1, 0.15) is 89.0 Å². The van der Waals surface area contributed by atoms with E-state index in [-0.39, 0.29) is 0 Å². The molecule has 6 aliphatic carbocycles. The smallest absolute Gasteiger partial charge is 0.0726 e. The Bertz CT molecular complexity index is 8070. The molecule has 21 aromatic rings. The van der Waals surface area contributed by atoms with Gasteiger partial charge in [0, 0.05) is 34.0 Å². The first-order chi connectivity index (χ1) is 65.5. The number of hydrogen-bond acceptors (Lipinski definition) is 2. The summed E-state index contributed by atoms with van der Waals surface area (Å²) in [5.41, 5.74) is 49.2. The predicted molar refractivity (Wildman–Crippen MR) is 545 cm³/mol. The third kappa shape index (κ3) is 10.6. The number of para-hydroxylation sites is 1. The first kappa shape index (κ1) is 75.4. The maximum atomic E-state index is 2.55. The number of hydrogen-bond donors (Lipinski definition) is 0. The largest absolute Gasteiger partial charge is 0.310 e. The fourth-order valence-corrected chi connectivity index (χ4v) is 24.8. The number of benzene rings is 21. The molecule has 0 radical (unpaired) electrons. The summed E-state index contributed by atoms with van der Waals surface area (Å²) < 4.78 is 0. The number of nitrogens with zero attached hydrogens (tertiary/aromatic N) is 2. The first-order valence-electron chi connectivity index (χ1n) is 46.2. The van der Waals surface area contributed by atoms with E-state index in [0.29, 0.717) is 0 Å². The lowest BCUT2D eigenvalue weighted by Crippen LogP contribution is -2.28. The van der Waals surface area contributed by atoms with Gasteiger partial charge in [0.15, 0.2) is 0 Å². The molecule has 0 aliphatic heterocycles. The molecule has 0 atom stereocenters. The molecule has 0 saturated carbocycles. The van der Waals surface area contributed by atoms with Crippen molar-refractivity contribution in [1.82, 2.24) is 0 Å². The predicted octanol–water partition coefficient (Wildman–Crippen LogP) is 32.7. The van der Waals surface area contributed by atoms with E-state index in [1.807, 2.05) is 0 Å². The topological polar surface area (TPSA) is 6.48 Å². The van der Waals surface area contributed by atoms with Crippen molar-refractivity contribution in [3.63, 3.8) is 0 Å². The van der Waals surface area contributed by atoms with E-state index in [4.69, 9.17) is 0 Å². The maximum Gasteiger partial charge on any atom is 0.0726 e. The van der Waals surface area contributed by atoms with Crippen LogP contribution in [0.3, 0.4) is 0 Å². The highest BCUT2D eigenvalue weighted by molar-refractivity contribution is 6.02. The number of anilines is 6. The van der Waals surface area contributed by atoms with Crippen molar-refractivity contribution in [2.45, 2.75) is 21.7 Å². The van der Waals surface area contributed by atoms with Gasteiger partial charge in [-0.2, -0.15) is 0 Å². The highest BCUT2D eigenvalue weighted by Crippen LogP contribution is 2.68. The summed E-state index contributed by atoms with van der Waals surface area (Å²) in [7, 11) is 0. The molecule has 2 spiro atoms. The van der Waals surface area contributed by atoms with Crippen molar-refractivity contribution in [1.29, 1.82) is 0 Å². The van der Waals surface area contributed by atoms with Crippen LogP contribution in [0.25, 0.3) is 111 Å². The molecule has 0 bridgehead atoms. The average molecular weight is 1670 g/mol. The molecular formula is C130H84N2. The van der Waals surface area contributed by atoms with Crippen LogP contribution in [-0.2, 0) is 21.7 Å². The highest BCUT2D eigenvalue weighted by Gasteiger charge is 2.55. The van der Waals surface area contributed by atoms with E-state index >= 15 is 0 Å². The van der Waals surface area contributed by atoms with Crippen LogP contribution in [0.2, 0.25) is 0 Å². The van der Waals surface area contributed by atoms with Crippen LogP contribution in [0, 0.1) is 0 Å². The van der Waals surface area contributed by atoms with Crippen molar-refractivity contribution in [2.24, 2.45) is 0 Å². The molecule has 6 aliphatic rings. The second-order valence-corrected chi connectivity index (χ2v) is 36.2. The van der Waals surface area contributed by atoms with Gasteiger partial charge in [-0.15, -0.1) is 0 Å². The Labute approximate surface area is 770 Å². The first-order valence-corrected chi connectivity index (χ1v) is 46.2. The van der Waals surface area contributed by atoms with E-state index < -0.39 is 21.7 Å². The zero-order valence-electron chi connectivity index (χ0n) is 72.4. The minimum Gasteiger partial charge on any atom is -0.310 e. The number of fused-ring (bicyclic) bond motifs is 26. The lowest BCUT2D eigenvalue weighted by molar-refractivity contribution is 0.768. The van der Waals surface area contributed by atoms with Gasteiger partial charge >= 0.3 is 0 Å². The minimum atomic E-state index is -0.630. The van der Waals surface area contributed by atoms with E-state index in [0.717, 1.165) is 73.1 Å². The van der Waals surface area contributed by atoms with Crippen LogP contribution >= 0.6 is 0 Å². The molecule has 0 N–H and O–H groups in total. The van der Waals surface area contributed by atoms with Gasteiger partial charge in [0.25, 0.3) is 0 Å². The highest BCUT2D eigenvalue weighted by atomic mass is 15.2. The Morgan fingerprint density at radius 1 is 0.114 bits per heavy atom.